The lowest BCUT2D eigenvalue weighted by Crippen LogP contribution is -2.46. The Labute approximate surface area is 123 Å². The van der Waals surface area contributed by atoms with E-state index >= 15 is 0 Å². The molecule has 0 heterocycles. The van der Waals surface area contributed by atoms with E-state index in [0.717, 1.165) is 25.7 Å². The molecule has 0 radical (unpaired) electrons. The molecule has 0 aromatic carbocycles. The van der Waals surface area contributed by atoms with Crippen molar-refractivity contribution in [2.45, 2.75) is 71.7 Å². The van der Waals surface area contributed by atoms with Gasteiger partial charge < -0.3 is 9.16 Å². The Bertz CT molecular complexity index is 410. The Balaban J connectivity index is 2.15. The summed E-state index contributed by atoms with van der Waals surface area (Å²) in [5.74, 6) is 1.51. The second-order valence-electron chi connectivity index (χ2n) is 7.49. The largest absolute Gasteiger partial charge is 0.548 e. The van der Waals surface area contributed by atoms with E-state index in [1.54, 1.807) is 0 Å². The Morgan fingerprint density at radius 1 is 1.35 bits per heavy atom. The minimum Gasteiger partial charge on any atom is -0.548 e. The first-order chi connectivity index (χ1) is 9.21. The molecule has 0 amide bonds. The van der Waals surface area contributed by atoms with E-state index in [9.17, 15) is 4.79 Å². The maximum Gasteiger partial charge on any atom is 0.302 e. The summed E-state index contributed by atoms with van der Waals surface area (Å²) >= 11 is 0. The van der Waals surface area contributed by atoms with Crippen molar-refractivity contribution >= 4 is 14.3 Å². The molecular weight excluding hydrogens is 268 g/mol. The summed E-state index contributed by atoms with van der Waals surface area (Å²) in [7, 11) is -1.52. The first-order valence-electron chi connectivity index (χ1n) is 7.78. The highest BCUT2D eigenvalue weighted by Gasteiger charge is 2.47. The highest BCUT2D eigenvalue weighted by molar-refractivity contribution is 6.70. The molecule has 0 bridgehead atoms. The quantitative estimate of drug-likeness (QED) is 0.577. The lowest BCUT2D eigenvalue weighted by molar-refractivity contribution is -0.159. The second kappa shape index (κ2) is 5.55. The third kappa shape index (κ3) is 3.46. The van der Waals surface area contributed by atoms with Crippen LogP contribution in [0, 0.1) is 11.3 Å². The van der Waals surface area contributed by atoms with Crippen LogP contribution in [0.3, 0.4) is 0 Å². The molecule has 3 unspecified atom stereocenters. The van der Waals surface area contributed by atoms with Gasteiger partial charge in [0.05, 0.1) is 5.76 Å². The molecule has 0 N–H and O–H groups in total. The van der Waals surface area contributed by atoms with Crippen LogP contribution >= 0.6 is 0 Å². The predicted octanol–water partition coefficient (Wildman–Crippen LogP) is 4.25. The van der Waals surface area contributed by atoms with E-state index in [1.807, 2.05) is 0 Å². The second-order valence-corrected chi connectivity index (χ2v) is 11.9. The molecule has 1 saturated carbocycles. The van der Waals surface area contributed by atoms with E-state index in [2.05, 4.69) is 32.6 Å². The van der Waals surface area contributed by atoms with Gasteiger partial charge in [0.25, 0.3) is 0 Å². The summed E-state index contributed by atoms with van der Waals surface area (Å²) < 4.78 is 11.8. The molecule has 0 aromatic rings. The van der Waals surface area contributed by atoms with Crippen molar-refractivity contribution in [1.82, 2.24) is 0 Å². The van der Waals surface area contributed by atoms with Gasteiger partial charge in [-0.3, -0.25) is 4.79 Å². The maximum absolute atomic E-state index is 11.3. The van der Waals surface area contributed by atoms with Gasteiger partial charge >= 0.3 is 5.97 Å². The van der Waals surface area contributed by atoms with Gasteiger partial charge in [0.2, 0.25) is 8.32 Å². The minimum absolute atomic E-state index is 0.0726. The zero-order chi connectivity index (χ0) is 15.0. The zero-order valence-electron chi connectivity index (χ0n) is 13.5. The van der Waals surface area contributed by atoms with Crippen LogP contribution in [0.4, 0.5) is 0 Å². The normalized spacial score (nSPS) is 34.0. The average Bonchev–Trinajstić information content (AvgIpc) is 2.29. The molecule has 0 aliphatic heterocycles. The molecule has 0 saturated heterocycles. The van der Waals surface area contributed by atoms with Crippen molar-refractivity contribution in [3.63, 3.8) is 0 Å². The predicted molar refractivity (Wildman–Crippen MR) is 82.8 cm³/mol. The van der Waals surface area contributed by atoms with Gasteiger partial charge in [0.1, 0.15) is 6.10 Å². The van der Waals surface area contributed by atoms with Gasteiger partial charge in [-0.1, -0.05) is 6.92 Å². The zero-order valence-corrected chi connectivity index (χ0v) is 14.5. The van der Waals surface area contributed by atoms with E-state index in [0.29, 0.717) is 5.92 Å². The van der Waals surface area contributed by atoms with Crippen molar-refractivity contribution in [3.05, 3.63) is 11.8 Å². The molecule has 2 rings (SSSR count). The van der Waals surface area contributed by atoms with Crippen LogP contribution in [0.1, 0.15) is 46.0 Å². The molecule has 4 heteroatoms. The number of hydrogen-bond donors (Lipinski definition) is 0. The van der Waals surface area contributed by atoms with Gasteiger partial charge in [0, 0.05) is 18.8 Å². The standard InChI is InChI=1S/C16H28O3Si/c1-12(17)18-15-8-6-7-13-11-14(19-20(3,4)5)9-10-16(13,15)2/h11,13,15H,6-10H2,1-5H3. The molecule has 114 valence electrons. The summed E-state index contributed by atoms with van der Waals surface area (Å²) in [4.78, 5) is 11.3. The van der Waals surface area contributed by atoms with E-state index in [1.165, 1.54) is 19.1 Å². The summed E-state index contributed by atoms with van der Waals surface area (Å²) in [6, 6.07) is 0. The van der Waals surface area contributed by atoms with Crippen molar-refractivity contribution in [2.24, 2.45) is 11.3 Å². The number of rotatable bonds is 3. The summed E-state index contributed by atoms with van der Waals surface area (Å²) in [5, 5.41) is 0. The molecule has 2 aliphatic carbocycles. The fraction of sp³-hybridized carbons (Fsp3) is 0.812. The lowest BCUT2D eigenvalue weighted by Gasteiger charge is -2.48. The van der Waals surface area contributed by atoms with Crippen LogP contribution in [-0.2, 0) is 14.0 Å². The van der Waals surface area contributed by atoms with E-state index < -0.39 is 8.32 Å². The first-order valence-corrected chi connectivity index (χ1v) is 11.2. The van der Waals surface area contributed by atoms with Crippen molar-refractivity contribution in [1.29, 1.82) is 0 Å². The van der Waals surface area contributed by atoms with E-state index in [4.69, 9.17) is 9.16 Å². The Morgan fingerprint density at radius 2 is 2.05 bits per heavy atom. The number of ether oxygens (including phenoxy) is 1. The highest BCUT2D eigenvalue weighted by Crippen LogP contribution is 2.50. The number of esters is 1. The molecule has 0 aromatic heterocycles. The third-order valence-corrected chi connectivity index (χ3v) is 5.48. The van der Waals surface area contributed by atoms with Gasteiger partial charge in [-0.2, -0.15) is 0 Å². The molecule has 1 fully saturated rings. The van der Waals surface area contributed by atoms with Gasteiger partial charge in [-0.05, 0) is 57.3 Å². The van der Waals surface area contributed by atoms with Crippen LogP contribution < -0.4 is 0 Å². The van der Waals surface area contributed by atoms with Crippen LogP contribution in [0.2, 0.25) is 19.6 Å². The molecule has 3 nitrogen and oxygen atoms in total. The molecule has 20 heavy (non-hydrogen) atoms. The van der Waals surface area contributed by atoms with Crippen LogP contribution in [-0.4, -0.2) is 20.4 Å². The topological polar surface area (TPSA) is 35.5 Å². The third-order valence-electron chi connectivity index (χ3n) is 4.61. The SMILES string of the molecule is CC(=O)OC1CCCC2C=C(O[Si](C)(C)C)CCC21C. The van der Waals surface area contributed by atoms with E-state index in [-0.39, 0.29) is 17.5 Å². The van der Waals surface area contributed by atoms with Crippen molar-refractivity contribution in [2.75, 3.05) is 0 Å². The fourth-order valence-electron chi connectivity index (χ4n) is 3.61. The summed E-state index contributed by atoms with van der Waals surface area (Å²) in [5.41, 5.74) is 0.0935. The Kier molecular flexibility index (Phi) is 4.33. The summed E-state index contributed by atoms with van der Waals surface area (Å²) in [6.45, 7) is 10.5. The van der Waals surface area contributed by atoms with Gasteiger partial charge in [0.15, 0.2) is 0 Å². The minimum atomic E-state index is -1.52. The molecular formula is C16H28O3Si. The molecule has 2 aliphatic rings. The number of hydrogen-bond acceptors (Lipinski definition) is 3. The first kappa shape index (κ1) is 15.6. The maximum atomic E-state index is 11.3. The van der Waals surface area contributed by atoms with Gasteiger partial charge in [-0.15, -0.1) is 0 Å². The molecule has 0 spiro atoms. The Hall–Kier alpha value is -0.773. The van der Waals surface area contributed by atoms with Crippen molar-refractivity contribution < 1.29 is 14.0 Å². The smallest absolute Gasteiger partial charge is 0.302 e. The number of carbonyl (C=O) groups is 1. The average molecular weight is 296 g/mol. The van der Waals surface area contributed by atoms with Crippen LogP contribution in [0.5, 0.6) is 0 Å². The Morgan fingerprint density at radius 3 is 2.65 bits per heavy atom. The van der Waals surface area contributed by atoms with Crippen molar-refractivity contribution in [3.8, 4) is 0 Å². The number of carbonyl (C=O) groups excluding carboxylic acids is 1. The number of fused-ring (bicyclic) bond motifs is 1. The monoisotopic (exact) mass is 296 g/mol. The highest BCUT2D eigenvalue weighted by atomic mass is 28.4. The lowest BCUT2D eigenvalue weighted by atomic mass is 9.61. The fourth-order valence-corrected chi connectivity index (χ4v) is 4.57. The number of allylic oxidation sites excluding steroid dienone is 2. The van der Waals surface area contributed by atoms with Crippen LogP contribution in [0.25, 0.3) is 0 Å². The molecule has 3 atom stereocenters. The summed E-state index contributed by atoms with van der Waals surface area (Å²) in [6.07, 6.45) is 7.77. The van der Waals surface area contributed by atoms with Gasteiger partial charge in [-0.25, -0.2) is 0 Å². The van der Waals surface area contributed by atoms with Crippen LogP contribution in [0.15, 0.2) is 11.8 Å².